The van der Waals surface area contributed by atoms with Crippen LogP contribution in [0.4, 0.5) is 5.69 Å². The molecule has 0 unspecified atom stereocenters. The Hall–Kier alpha value is -1.04. The fourth-order valence-electron chi connectivity index (χ4n) is 1.36. The molecule has 0 saturated heterocycles. The molecule has 0 saturated carbocycles. The zero-order chi connectivity index (χ0) is 13.3. The molecule has 0 fully saturated rings. The Morgan fingerprint density at radius 2 is 2.17 bits per heavy atom. The summed E-state index contributed by atoms with van der Waals surface area (Å²) in [7, 11) is 0. The van der Waals surface area contributed by atoms with Crippen LogP contribution in [0.25, 0.3) is 0 Å². The fraction of sp³-hybridized carbons (Fsp3) is 0.0909. The van der Waals surface area contributed by atoms with Gasteiger partial charge in [0.2, 0.25) is 0 Å². The lowest BCUT2D eigenvalue weighted by Crippen LogP contribution is -2.12. The van der Waals surface area contributed by atoms with Gasteiger partial charge < -0.3 is 9.73 Å². The SMILES string of the molecule is Cc1cc(Cl)nc(Cl)c1NC(=O)c1ccc(Br)o1. The van der Waals surface area contributed by atoms with Crippen molar-refractivity contribution in [2.24, 2.45) is 0 Å². The zero-order valence-electron chi connectivity index (χ0n) is 9.13. The molecule has 0 radical (unpaired) electrons. The fourth-order valence-corrected chi connectivity index (χ4v) is 2.24. The Balaban J connectivity index is 2.27. The number of aryl methyl sites for hydroxylation is 1. The summed E-state index contributed by atoms with van der Waals surface area (Å²) in [4.78, 5) is 15.7. The van der Waals surface area contributed by atoms with Gasteiger partial charge in [0.1, 0.15) is 5.15 Å². The molecule has 0 aromatic carbocycles. The van der Waals surface area contributed by atoms with Gasteiger partial charge in [0.05, 0.1) is 5.69 Å². The molecule has 0 bridgehead atoms. The number of aromatic nitrogens is 1. The molecule has 2 rings (SSSR count). The van der Waals surface area contributed by atoms with E-state index in [2.05, 4.69) is 26.2 Å². The Morgan fingerprint density at radius 3 is 2.72 bits per heavy atom. The van der Waals surface area contributed by atoms with Gasteiger partial charge in [-0.25, -0.2) is 4.98 Å². The number of pyridine rings is 1. The Bertz CT molecular complexity index is 590. The van der Waals surface area contributed by atoms with Crippen molar-refractivity contribution >= 4 is 50.7 Å². The number of hydrogen-bond acceptors (Lipinski definition) is 3. The predicted molar refractivity (Wildman–Crippen MR) is 73.4 cm³/mol. The van der Waals surface area contributed by atoms with Crippen molar-refractivity contribution in [2.75, 3.05) is 5.32 Å². The highest BCUT2D eigenvalue weighted by Gasteiger charge is 2.15. The Kier molecular flexibility index (Phi) is 3.94. The second-order valence-corrected chi connectivity index (χ2v) is 5.01. The summed E-state index contributed by atoms with van der Waals surface area (Å²) >= 11 is 14.8. The molecule has 0 aliphatic carbocycles. The highest BCUT2D eigenvalue weighted by Crippen LogP contribution is 2.27. The van der Waals surface area contributed by atoms with Gasteiger partial charge in [-0.3, -0.25) is 4.79 Å². The van der Waals surface area contributed by atoms with Crippen molar-refractivity contribution in [3.63, 3.8) is 0 Å². The number of rotatable bonds is 2. The number of carbonyl (C=O) groups excluding carboxylic acids is 1. The lowest BCUT2D eigenvalue weighted by atomic mass is 10.2. The molecule has 7 heteroatoms. The molecule has 1 amide bonds. The summed E-state index contributed by atoms with van der Waals surface area (Å²) < 4.78 is 5.61. The lowest BCUT2D eigenvalue weighted by Gasteiger charge is -2.08. The minimum Gasteiger partial charge on any atom is -0.444 e. The van der Waals surface area contributed by atoms with Crippen LogP contribution in [0.3, 0.4) is 0 Å². The molecule has 2 aromatic heterocycles. The molecule has 0 atom stereocenters. The van der Waals surface area contributed by atoms with Crippen molar-refractivity contribution < 1.29 is 9.21 Å². The number of hydrogen-bond donors (Lipinski definition) is 1. The first-order valence-corrected chi connectivity index (χ1v) is 6.41. The molecule has 0 aliphatic heterocycles. The number of halogens is 3. The van der Waals surface area contributed by atoms with Gasteiger partial charge in [0.15, 0.2) is 15.6 Å². The molecule has 0 aliphatic rings. The van der Waals surface area contributed by atoms with Crippen molar-refractivity contribution in [3.05, 3.63) is 44.5 Å². The average Bonchev–Trinajstić information content (AvgIpc) is 2.70. The zero-order valence-corrected chi connectivity index (χ0v) is 12.2. The summed E-state index contributed by atoms with van der Waals surface area (Å²) in [6.07, 6.45) is 0. The molecule has 1 N–H and O–H groups in total. The van der Waals surface area contributed by atoms with Crippen molar-refractivity contribution in [1.29, 1.82) is 0 Å². The van der Waals surface area contributed by atoms with Crippen LogP contribution in [0.15, 0.2) is 27.3 Å². The van der Waals surface area contributed by atoms with Crippen LogP contribution in [0.1, 0.15) is 16.1 Å². The predicted octanol–water partition coefficient (Wildman–Crippen LogP) is 4.30. The van der Waals surface area contributed by atoms with E-state index in [0.717, 1.165) is 5.56 Å². The third kappa shape index (κ3) is 2.85. The van der Waals surface area contributed by atoms with Crippen molar-refractivity contribution in [1.82, 2.24) is 4.98 Å². The molecule has 0 spiro atoms. The van der Waals surface area contributed by atoms with Crippen LogP contribution in [-0.2, 0) is 0 Å². The first kappa shape index (κ1) is 13.4. The largest absolute Gasteiger partial charge is 0.444 e. The summed E-state index contributed by atoms with van der Waals surface area (Å²) in [5, 5.41) is 3.04. The van der Waals surface area contributed by atoms with Gasteiger partial charge in [-0.05, 0) is 46.6 Å². The summed E-state index contributed by atoms with van der Waals surface area (Å²) in [6.45, 7) is 1.77. The van der Waals surface area contributed by atoms with Gasteiger partial charge in [0, 0.05) is 0 Å². The number of anilines is 1. The Labute approximate surface area is 121 Å². The summed E-state index contributed by atoms with van der Waals surface area (Å²) in [5.74, 6) is -0.234. The number of furan rings is 1. The highest BCUT2D eigenvalue weighted by atomic mass is 79.9. The maximum absolute atomic E-state index is 11.9. The monoisotopic (exact) mass is 348 g/mol. The lowest BCUT2D eigenvalue weighted by molar-refractivity contribution is 0.0995. The normalized spacial score (nSPS) is 10.4. The van der Waals surface area contributed by atoms with E-state index in [1.165, 1.54) is 0 Å². The summed E-state index contributed by atoms with van der Waals surface area (Å²) in [5.41, 5.74) is 1.14. The van der Waals surface area contributed by atoms with E-state index >= 15 is 0 Å². The van der Waals surface area contributed by atoms with Crippen LogP contribution >= 0.6 is 39.1 Å². The topological polar surface area (TPSA) is 55.1 Å². The van der Waals surface area contributed by atoms with E-state index in [-0.39, 0.29) is 16.1 Å². The Morgan fingerprint density at radius 1 is 1.44 bits per heavy atom. The van der Waals surface area contributed by atoms with Gasteiger partial charge in [0.25, 0.3) is 5.91 Å². The number of carbonyl (C=O) groups is 1. The van der Waals surface area contributed by atoms with Gasteiger partial charge in [-0.1, -0.05) is 23.2 Å². The first-order chi connectivity index (χ1) is 8.47. The number of nitrogens with zero attached hydrogens (tertiary/aromatic N) is 1. The van der Waals surface area contributed by atoms with Crippen molar-refractivity contribution in [2.45, 2.75) is 6.92 Å². The molecule has 94 valence electrons. The van der Waals surface area contributed by atoms with E-state index in [4.69, 9.17) is 27.6 Å². The standard InChI is InChI=1S/C11H7BrCl2N2O2/c1-5-4-8(13)15-10(14)9(5)16-11(17)6-2-3-7(12)18-6/h2-4H,1H3,(H,16,17). The van der Waals surface area contributed by atoms with Gasteiger partial charge >= 0.3 is 0 Å². The van der Waals surface area contributed by atoms with Gasteiger partial charge in [-0.15, -0.1) is 0 Å². The third-order valence-electron chi connectivity index (χ3n) is 2.18. The quantitative estimate of drug-likeness (QED) is 0.822. The van der Waals surface area contributed by atoms with E-state index < -0.39 is 5.91 Å². The van der Waals surface area contributed by atoms with E-state index in [1.54, 1.807) is 25.1 Å². The minimum absolute atomic E-state index is 0.138. The number of nitrogens with one attached hydrogen (secondary N) is 1. The first-order valence-electron chi connectivity index (χ1n) is 4.86. The number of amides is 1. The van der Waals surface area contributed by atoms with Crippen molar-refractivity contribution in [3.8, 4) is 0 Å². The molecule has 4 nitrogen and oxygen atoms in total. The summed E-state index contributed by atoms with van der Waals surface area (Å²) in [6, 6.07) is 4.79. The second kappa shape index (κ2) is 5.30. The van der Waals surface area contributed by atoms with Crippen LogP contribution < -0.4 is 5.32 Å². The maximum atomic E-state index is 11.9. The smallest absolute Gasteiger partial charge is 0.291 e. The van der Waals surface area contributed by atoms with Crippen LogP contribution in [0, 0.1) is 6.92 Å². The second-order valence-electron chi connectivity index (χ2n) is 3.49. The third-order valence-corrected chi connectivity index (χ3v) is 3.07. The molecular formula is C11H7BrCl2N2O2. The van der Waals surface area contributed by atoms with Crippen LogP contribution in [0.2, 0.25) is 10.3 Å². The molecule has 2 heterocycles. The molecule has 2 aromatic rings. The minimum atomic E-state index is -0.408. The van der Waals surface area contributed by atoms with Crippen LogP contribution in [-0.4, -0.2) is 10.9 Å². The van der Waals surface area contributed by atoms with Gasteiger partial charge in [-0.2, -0.15) is 0 Å². The van der Waals surface area contributed by atoms with E-state index in [0.29, 0.717) is 10.4 Å². The molecular weight excluding hydrogens is 343 g/mol. The highest BCUT2D eigenvalue weighted by molar-refractivity contribution is 9.10. The maximum Gasteiger partial charge on any atom is 0.291 e. The average molecular weight is 350 g/mol. The van der Waals surface area contributed by atoms with E-state index in [1.807, 2.05) is 0 Å². The van der Waals surface area contributed by atoms with E-state index in [9.17, 15) is 4.79 Å². The van der Waals surface area contributed by atoms with Crippen LogP contribution in [0.5, 0.6) is 0 Å². The molecule has 18 heavy (non-hydrogen) atoms.